The van der Waals surface area contributed by atoms with Crippen LogP contribution in [0.5, 0.6) is 0 Å². The molecule has 0 atom stereocenters. The van der Waals surface area contributed by atoms with Gasteiger partial charge in [0.15, 0.2) is 5.58 Å². The molecule has 0 unspecified atom stereocenters. The first kappa shape index (κ1) is 15.2. The van der Waals surface area contributed by atoms with Crippen molar-refractivity contribution in [3.8, 4) is 22.3 Å². The first-order chi connectivity index (χ1) is 12.8. The quantitative estimate of drug-likeness (QED) is 0.318. The number of benzene rings is 4. The summed E-state index contributed by atoms with van der Waals surface area (Å²) in [5.41, 5.74) is 6.26. The van der Waals surface area contributed by atoms with E-state index >= 15 is 0 Å². The maximum atomic E-state index is 6.52. The Morgan fingerprint density at radius 2 is 1.15 bits per heavy atom. The van der Waals surface area contributed by atoms with Gasteiger partial charge in [-0.15, -0.1) is 0 Å². The highest BCUT2D eigenvalue weighted by Gasteiger charge is 2.12. The second kappa shape index (κ2) is 6.05. The molecule has 0 aliphatic heterocycles. The minimum absolute atomic E-state index is 0.640. The zero-order valence-corrected chi connectivity index (χ0v) is 14.7. The smallest absolute Gasteiger partial charge is 0.154 e. The molecule has 0 N–H and O–H groups in total. The topological polar surface area (TPSA) is 13.1 Å². The van der Waals surface area contributed by atoms with E-state index in [1.165, 1.54) is 11.1 Å². The summed E-state index contributed by atoms with van der Waals surface area (Å²) in [5.74, 6) is 0. The predicted octanol–water partition coefficient (Wildman–Crippen LogP) is 7.57. The van der Waals surface area contributed by atoms with Gasteiger partial charge >= 0.3 is 0 Å². The largest absolute Gasteiger partial charge is 0.454 e. The average Bonchev–Trinajstić information content (AvgIpc) is 3.08. The third-order valence-electron chi connectivity index (χ3n) is 4.76. The summed E-state index contributed by atoms with van der Waals surface area (Å²) >= 11 is 6.52. The fourth-order valence-electron chi connectivity index (χ4n) is 3.44. The van der Waals surface area contributed by atoms with Crippen LogP contribution in [-0.4, -0.2) is 0 Å². The van der Waals surface area contributed by atoms with Crippen LogP contribution < -0.4 is 0 Å². The standard InChI is InChI=1S/C24H15ClO/c25-22-15-19(14-21-20-8-4-5-9-23(20)26-24(21)22)18-12-10-17(11-13-18)16-6-2-1-3-7-16/h1-15H. The molecule has 0 saturated heterocycles. The molecule has 1 heterocycles. The van der Waals surface area contributed by atoms with Crippen LogP contribution in [0.25, 0.3) is 44.2 Å². The minimum Gasteiger partial charge on any atom is -0.454 e. The molecule has 0 aliphatic carbocycles. The van der Waals surface area contributed by atoms with Crippen LogP contribution in [0.2, 0.25) is 5.02 Å². The van der Waals surface area contributed by atoms with E-state index in [0.29, 0.717) is 5.02 Å². The minimum atomic E-state index is 0.640. The monoisotopic (exact) mass is 354 g/mol. The maximum Gasteiger partial charge on any atom is 0.154 e. The summed E-state index contributed by atoms with van der Waals surface area (Å²) in [6.45, 7) is 0. The Balaban J connectivity index is 1.63. The Morgan fingerprint density at radius 3 is 1.92 bits per heavy atom. The molecule has 0 spiro atoms. The predicted molar refractivity (Wildman–Crippen MR) is 110 cm³/mol. The lowest BCUT2D eigenvalue weighted by Gasteiger charge is -2.06. The van der Waals surface area contributed by atoms with Crippen LogP contribution in [0.4, 0.5) is 0 Å². The number of rotatable bonds is 2. The van der Waals surface area contributed by atoms with Gasteiger partial charge in [0.05, 0.1) is 5.02 Å². The van der Waals surface area contributed by atoms with E-state index in [2.05, 4.69) is 60.7 Å². The van der Waals surface area contributed by atoms with E-state index in [1.54, 1.807) is 0 Å². The summed E-state index contributed by atoms with van der Waals surface area (Å²) in [6.07, 6.45) is 0. The van der Waals surface area contributed by atoms with E-state index in [4.69, 9.17) is 16.0 Å². The summed E-state index contributed by atoms with van der Waals surface area (Å²) in [6, 6.07) is 31.1. The summed E-state index contributed by atoms with van der Waals surface area (Å²) in [7, 11) is 0. The van der Waals surface area contributed by atoms with Crippen molar-refractivity contribution in [3.63, 3.8) is 0 Å². The molecule has 0 aliphatic rings. The number of fused-ring (bicyclic) bond motifs is 3. The molecule has 0 saturated carbocycles. The van der Waals surface area contributed by atoms with Crippen molar-refractivity contribution in [1.82, 2.24) is 0 Å². The Kier molecular flexibility index (Phi) is 3.55. The van der Waals surface area contributed by atoms with Crippen LogP contribution in [0.15, 0.2) is 95.4 Å². The molecule has 0 radical (unpaired) electrons. The summed E-state index contributed by atoms with van der Waals surface area (Å²) in [4.78, 5) is 0. The van der Waals surface area contributed by atoms with Crippen molar-refractivity contribution in [2.24, 2.45) is 0 Å². The zero-order valence-electron chi connectivity index (χ0n) is 13.9. The average molecular weight is 355 g/mol. The summed E-state index contributed by atoms with van der Waals surface area (Å²) in [5, 5.41) is 2.78. The van der Waals surface area contributed by atoms with E-state index in [9.17, 15) is 0 Å². The van der Waals surface area contributed by atoms with Crippen molar-refractivity contribution in [3.05, 3.63) is 96.0 Å². The Labute approximate surface area is 156 Å². The van der Waals surface area contributed by atoms with Crippen LogP contribution in [-0.2, 0) is 0 Å². The lowest BCUT2D eigenvalue weighted by atomic mass is 9.99. The highest BCUT2D eigenvalue weighted by molar-refractivity contribution is 6.36. The number of para-hydroxylation sites is 1. The van der Waals surface area contributed by atoms with Crippen molar-refractivity contribution >= 4 is 33.5 Å². The fraction of sp³-hybridized carbons (Fsp3) is 0. The second-order valence-electron chi connectivity index (χ2n) is 6.38. The lowest BCUT2D eigenvalue weighted by Crippen LogP contribution is -1.81. The van der Waals surface area contributed by atoms with E-state index in [1.807, 2.05) is 30.3 Å². The van der Waals surface area contributed by atoms with Gasteiger partial charge < -0.3 is 4.42 Å². The molecule has 1 aromatic heterocycles. The molecule has 1 nitrogen and oxygen atoms in total. The zero-order chi connectivity index (χ0) is 17.5. The van der Waals surface area contributed by atoms with Gasteiger partial charge in [0.25, 0.3) is 0 Å². The molecule has 0 amide bonds. The first-order valence-corrected chi connectivity index (χ1v) is 8.94. The Bertz CT molecular complexity index is 1220. The van der Waals surface area contributed by atoms with E-state index in [0.717, 1.165) is 33.1 Å². The third-order valence-corrected chi connectivity index (χ3v) is 5.04. The van der Waals surface area contributed by atoms with Crippen molar-refractivity contribution in [2.75, 3.05) is 0 Å². The number of halogens is 1. The Hall–Kier alpha value is -3.03. The highest BCUT2D eigenvalue weighted by atomic mass is 35.5. The van der Waals surface area contributed by atoms with Gasteiger partial charge in [0.1, 0.15) is 5.58 Å². The molecular formula is C24H15ClO. The molecule has 5 aromatic rings. The van der Waals surface area contributed by atoms with Crippen LogP contribution in [0, 0.1) is 0 Å². The van der Waals surface area contributed by atoms with Crippen LogP contribution >= 0.6 is 11.6 Å². The summed E-state index contributed by atoms with van der Waals surface area (Å²) < 4.78 is 5.92. The second-order valence-corrected chi connectivity index (χ2v) is 6.78. The SMILES string of the molecule is Clc1cc(-c2ccc(-c3ccccc3)cc2)cc2c1oc1ccccc12. The fourth-order valence-corrected chi connectivity index (χ4v) is 3.70. The first-order valence-electron chi connectivity index (χ1n) is 8.56. The van der Waals surface area contributed by atoms with E-state index in [-0.39, 0.29) is 0 Å². The molecule has 0 bridgehead atoms. The molecule has 5 rings (SSSR count). The maximum absolute atomic E-state index is 6.52. The van der Waals surface area contributed by atoms with Gasteiger partial charge in [-0.3, -0.25) is 0 Å². The molecular weight excluding hydrogens is 340 g/mol. The number of hydrogen-bond donors (Lipinski definition) is 0. The van der Waals surface area contributed by atoms with Gasteiger partial charge in [-0.25, -0.2) is 0 Å². The lowest BCUT2D eigenvalue weighted by molar-refractivity contribution is 0.669. The van der Waals surface area contributed by atoms with Gasteiger partial charge in [0, 0.05) is 10.8 Å². The normalized spacial score (nSPS) is 11.3. The number of hydrogen-bond acceptors (Lipinski definition) is 1. The number of furan rings is 1. The molecule has 124 valence electrons. The van der Waals surface area contributed by atoms with Crippen molar-refractivity contribution in [1.29, 1.82) is 0 Å². The van der Waals surface area contributed by atoms with Gasteiger partial charge in [-0.05, 0) is 40.5 Å². The molecule has 0 fully saturated rings. The highest BCUT2D eigenvalue weighted by Crippen LogP contribution is 2.37. The van der Waals surface area contributed by atoms with Gasteiger partial charge in [-0.1, -0.05) is 84.4 Å². The molecule has 4 aromatic carbocycles. The van der Waals surface area contributed by atoms with Gasteiger partial charge in [0.2, 0.25) is 0 Å². The van der Waals surface area contributed by atoms with Gasteiger partial charge in [-0.2, -0.15) is 0 Å². The third kappa shape index (κ3) is 2.49. The van der Waals surface area contributed by atoms with Crippen molar-refractivity contribution < 1.29 is 4.42 Å². The van der Waals surface area contributed by atoms with E-state index < -0.39 is 0 Å². The van der Waals surface area contributed by atoms with Crippen molar-refractivity contribution in [2.45, 2.75) is 0 Å². The molecule has 26 heavy (non-hydrogen) atoms. The molecule has 2 heteroatoms. The van der Waals surface area contributed by atoms with Crippen LogP contribution in [0.1, 0.15) is 0 Å². The Morgan fingerprint density at radius 1 is 0.538 bits per heavy atom. The van der Waals surface area contributed by atoms with Crippen LogP contribution in [0.3, 0.4) is 0 Å².